The highest BCUT2D eigenvalue weighted by molar-refractivity contribution is 6.00. The number of carbonyl (C=O) groups excluding carboxylic acids is 1. The number of carbonyl (C=O) groups is 1. The molecule has 4 nitrogen and oxygen atoms in total. The van der Waals surface area contributed by atoms with Crippen LogP contribution in [-0.2, 0) is 0 Å². The molecular weight excluding hydrogens is 324 g/mol. The number of ether oxygens (including phenoxy) is 1. The number of hydrogen-bond acceptors (Lipinski definition) is 3. The van der Waals surface area contributed by atoms with Crippen molar-refractivity contribution in [1.29, 1.82) is 0 Å². The third-order valence-corrected chi connectivity index (χ3v) is 4.86. The zero-order chi connectivity index (χ0) is 18.5. The third-order valence-electron chi connectivity index (χ3n) is 4.86. The van der Waals surface area contributed by atoms with Crippen molar-refractivity contribution in [2.45, 2.75) is 39.7 Å². The number of aryl methyl sites for hydroxylation is 1. The predicted molar refractivity (Wildman–Crippen MR) is 106 cm³/mol. The summed E-state index contributed by atoms with van der Waals surface area (Å²) in [6.07, 6.45) is 2.38. The lowest BCUT2D eigenvalue weighted by Crippen LogP contribution is -2.29. The minimum atomic E-state index is -0.0881. The smallest absolute Gasteiger partial charge is 0.253 e. The molecule has 0 radical (unpaired) electrons. The van der Waals surface area contributed by atoms with Gasteiger partial charge in [0, 0.05) is 18.8 Å². The molecule has 0 aromatic heterocycles. The van der Waals surface area contributed by atoms with E-state index in [0.717, 1.165) is 41.2 Å². The van der Waals surface area contributed by atoms with Crippen molar-refractivity contribution < 1.29 is 9.53 Å². The Hall–Kier alpha value is -2.49. The predicted octanol–water partition coefficient (Wildman–Crippen LogP) is 4.48. The van der Waals surface area contributed by atoms with Crippen molar-refractivity contribution >= 4 is 11.6 Å². The molecule has 3 rings (SSSR count). The van der Waals surface area contributed by atoms with Crippen LogP contribution in [-0.4, -0.2) is 25.6 Å². The number of nitrogens with one attached hydrogen (secondary N) is 1. The van der Waals surface area contributed by atoms with Crippen LogP contribution in [0.25, 0.3) is 0 Å². The largest absolute Gasteiger partial charge is 0.494 e. The van der Waals surface area contributed by atoms with Gasteiger partial charge in [0.15, 0.2) is 0 Å². The monoisotopic (exact) mass is 352 g/mol. The SMILES string of the molecule is CCOc1cccc(C(C)NC(=O)c2cc(C)ccc2N2CCCC2)c1. The van der Waals surface area contributed by atoms with Crippen molar-refractivity contribution in [3.63, 3.8) is 0 Å². The Morgan fingerprint density at radius 2 is 1.96 bits per heavy atom. The fraction of sp³-hybridized carbons (Fsp3) is 0.409. The molecule has 138 valence electrons. The van der Waals surface area contributed by atoms with E-state index in [9.17, 15) is 4.79 Å². The molecule has 0 saturated carbocycles. The number of anilines is 1. The summed E-state index contributed by atoms with van der Waals surface area (Å²) in [5.41, 5.74) is 3.95. The molecule has 0 bridgehead atoms. The first-order chi connectivity index (χ1) is 12.6. The van der Waals surface area contributed by atoms with E-state index in [1.165, 1.54) is 12.8 Å². The highest BCUT2D eigenvalue weighted by Gasteiger charge is 2.21. The number of nitrogens with zero attached hydrogens (tertiary/aromatic N) is 1. The van der Waals surface area contributed by atoms with Gasteiger partial charge in [-0.25, -0.2) is 0 Å². The summed E-state index contributed by atoms with van der Waals surface area (Å²) < 4.78 is 5.57. The van der Waals surface area contributed by atoms with Crippen molar-refractivity contribution in [3.8, 4) is 5.75 Å². The first kappa shape index (κ1) is 18.3. The quantitative estimate of drug-likeness (QED) is 0.833. The Labute approximate surface area is 156 Å². The van der Waals surface area contributed by atoms with Crippen LogP contribution in [0.2, 0.25) is 0 Å². The van der Waals surface area contributed by atoms with Gasteiger partial charge in [0.25, 0.3) is 5.91 Å². The standard InChI is InChI=1S/C22H28N2O2/c1-4-26-19-9-7-8-18(15-19)17(3)23-22(25)20-14-16(2)10-11-21(20)24-12-5-6-13-24/h7-11,14-15,17H,4-6,12-13H2,1-3H3,(H,23,25). The Bertz CT molecular complexity index is 766. The molecule has 1 saturated heterocycles. The highest BCUT2D eigenvalue weighted by Crippen LogP contribution is 2.27. The van der Waals surface area contributed by atoms with Gasteiger partial charge in [0.1, 0.15) is 5.75 Å². The van der Waals surface area contributed by atoms with Gasteiger partial charge in [0.05, 0.1) is 18.2 Å². The molecule has 1 fully saturated rings. The van der Waals surface area contributed by atoms with Gasteiger partial charge in [-0.1, -0.05) is 23.8 Å². The van der Waals surface area contributed by atoms with Crippen molar-refractivity contribution in [1.82, 2.24) is 5.32 Å². The molecule has 1 heterocycles. The molecule has 0 aliphatic carbocycles. The molecule has 1 amide bonds. The fourth-order valence-corrected chi connectivity index (χ4v) is 3.46. The fourth-order valence-electron chi connectivity index (χ4n) is 3.46. The van der Waals surface area contributed by atoms with E-state index in [-0.39, 0.29) is 11.9 Å². The Kier molecular flexibility index (Phi) is 5.82. The number of rotatable bonds is 6. The summed E-state index contributed by atoms with van der Waals surface area (Å²) in [4.78, 5) is 15.3. The minimum Gasteiger partial charge on any atom is -0.494 e. The zero-order valence-electron chi connectivity index (χ0n) is 15.9. The summed E-state index contributed by atoms with van der Waals surface area (Å²) in [7, 11) is 0. The number of benzene rings is 2. The van der Waals surface area contributed by atoms with Gasteiger partial charge in [-0.05, 0) is 63.4 Å². The summed E-state index contributed by atoms with van der Waals surface area (Å²) >= 11 is 0. The first-order valence-corrected chi connectivity index (χ1v) is 9.47. The Morgan fingerprint density at radius 1 is 1.19 bits per heavy atom. The molecule has 0 spiro atoms. The second-order valence-corrected chi connectivity index (χ2v) is 6.92. The van der Waals surface area contributed by atoms with Gasteiger partial charge >= 0.3 is 0 Å². The second kappa shape index (κ2) is 8.26. The molecular formula is C22H28N2O2. The molecule has 1 unspecified atom stereocenters. The summed E-state index contributed by atoms with van der Waals surface area (Å²) in [5.74, 6) is 0.810. The van der Waals surface area contributed by atoms with E-state index >= 15 is 0 Å². The third kappa shape index (κ3) is 4.18. The van der Waals surface area contributed by atoms with Gasteiger partial charge in [-0.2, -0.15) is 0 Å². The van der Waals surface area contributed by atoms with Crippen LogP contribution in [0.15, 0.2) is 42.5 Å². The summed E-state index contributed by atoms with van der Waals surface area (Å²) in [6.45, 7) is 8.68. The lowest BCUT2D eigenvalue weighted by molar-refractivity contribution is 0.0940. The van der Waals surface area contributed by atoms with Crippen molar-refractivity contribution in [2.75, 3.05) is 24.6 Å². The van der Waals surface area contributed by atoms with Gasteiger partial charge in [-0.3, -0.25) is 4.79 Å². The van der Waals surface area contributed by atoms with E-state index < -0.39 is 0 Å². The van der Waals surface area contributed by atoms with Crippen LogP contribution >= 0.6 is 0 Å². The molecule has 2 aromatic carbocycles. The van der Waals surface area contributed by atoms with E-state index in [4.69, 9.17) is 4.74 Å². The van der Waals surface area contributed by atoms with Crippen LogP contribution < -0.4 is 15.0 Å². The zero-order valence-corrected chi connectivity index (χ0v) is 15.9. The molecule has 1 aliphatic heterocycles. The molecule has 1 atom stereocenters. The number of amides is 1. The maximum absolute atomic E-state index is 13.0. The van der Waals surface area contributed by atoms with Crippen LogP contribution in [0.3, 0.4) is 0 Å². The molecule has 4 heteroatoms. The van der Waals surface area contributed by atoms with E-state index in [0.29, 0.717) is 6.61 Å². The summed E-state index contributed by atoms with van der Waals surface area (Å²) in [5, 5.41) is 3.15. The van der Waals surface area contributed by atoms with Crippen molar-refractivity contribution in [2.24, 2.45) is 0 Å². The summed E-state index contributed by atoms with van der Waals surface area (Å²) in [6, 6.07) is 14.0. The van der Waals surface area contributed by atoms with E-state index in [2.05, 4.69) is 22.3 Å². The van der Waals surface area contributed by atoms with Crippen LogP contribution in [0.4, 0.5) is 5.69 Å². The van der Waals surface area contributed by atoms with Gasteiger partial charge in [0.2, 0.25) is 0 Å². The van der Waals surface area contributed by atoms with E-state index in [1.807, 2.05) is 51.1 Å². The average Bonchev–Trinajstić information content (AvgIpc) is 3.16. The van der Waals surface area contributed by atoms with E-state index in [1.54, 1.807) is 0 Å². The minimum absolute atomic E-state index is 0.0232. The normalized spacial score (nSPS) is 15.0. The maximum atomic E-state index is 13.0. The number of hydrogen-bond donors (Lipinski definition) is 1. The van der Waals surface area contributed by atoms with Crippen LogP contribution in [0, 0.1) is 6.92 Å². The highest BCUT2D eigenvalue weighted by atomic mass is 16.5. The van der Waals surface area contributed by atoms with Crippen LogP contribution in [0.5, 0.6) is 5.75 Å². The van der Waals surface area contributed by atoms with Gasteiger partial charge < -0.3 is 15.0 Å². The molecule has 1 N–H and O–H groups in total. The molecule has 2 aromatic rings. The molecule has 26 heavy (non-hydrogen) atoms. The average molecular weight is 352 g/mol. The first-order valence-electron chi connectivity index (χ1n) is 9.47. The van der Waals surface area contributed by atoms with Crippen LogP contribution in [0.1, 0.15) is 54.2 Å². The lowest BCUT2D eigenvalue weighted by Gasteiger charge is -2.23. The maximum Gasteiger partial charge on any atom is 0.253 e. The lowest BCUT2D eigenvalue weighted by atomic mass is 10.0. The Morgan fingerprint density at radius 3 is 2.69 bits per heavy atom. The molecule has 1 aliphatic rings. The van der Waals surface area contributed by atoms with Gasteiger partial charge in [-0.15, -0.1) is 0 Å². The second-order valence-electron chi connectivity index (χ2n) is 6.92. The van der Waals surface area contributed by atoms with Crippen molar-refractivity contribution in [3.05, 3.63) is 59.2 Å². The topological polar surface area (TPSA) is 41.6 Å². The Balaban J connectivity index is 1.79.